The number of benzene rings is 4. The predicted octanol–water partition coefficient (Wildman–Crippen LogP) is 7.04. The molecule has 0 unspecified atom stereocenters. The van der Waals surface area contributed by atoms with Gasteiger partial charge in [0.25, 0.3) is 0 Å². The van der Waals surface area contributed by atoms with Crippen LogP contribution in [-0.2, 0) is 10.2 Å². The van der Waals surface area contributed by atoms with Crippen LogP contribution in [0.1, 0.15) is 0 Å². The summed E-state index contributed by atoms with van der Waals surface area (Å²) in [6.45, 7) is 13.1. The molecule has 0 heterocycles. The van der Waals surface area contributed by atoms with Crippen LogP contribution in [0.25, 0.3) is 32.7 Å². The molecule has 2 nitrogen and oxygen atoms in total. The van der Waals surface area contributed by atoms with Gasteiger partial charge in [0.2, 0.25) is 0 Å². The lowest BCUT2D eigenvalue weighted by Gasteiger charge is -2.24. The Morgan fingerprint density at radius 3 is 1.20 bits per heavy atom. The van der Waals surface area contributed by atoms with E-state index in [-0.39, 0.29) is 11.5 Å². The van der Waals surface area contributed by atoms with E-state index in [9.17, 15) is 10.2 Å². The lowest BCUT2D eigenvalue weighted by atomic mass is 9.92. The smallest absolute Gasteiger partial charge is 0.186 e. The maximum atomic E-state index is 13.9. The molecule has 0 bridgehead atoms. The molecule has 4 heteroatoms. The van der Waals surface area contributed by atoms with Gasteiger partial charge in [-0.2, -0.15) is 0 Å². The molecule has 2 radical (unpaired) electrons. The van der Waals surface area contributed by atoms with Gasteiger partial charge < -0.3 is 0 Å². The van der Waals surface area contributed by atoms with Gasteiger partial charge in [-0.3, -0.25) is 10.2 Å². The number of hydrogen-bond acceptors (Lipinski definition) is 0. The van der Waals surface area contributed by atoms with Crippen LogP contribution in [0, 0.1) is 0 Å². The molecule has 0 N–H and O–H groups in total. The highest BCUT2D eigenvalue weighted by molar-refractivity contribution is 6.90. The summed E-state index contributed by atoms with van der Waals surface area (Å²) in [4.78, 5) is 0. The van der Waals surface area contributed by atoms with Gasteiger partial charge in [-0.1, -0.05) is 99.9 Å². The van der Waals surface area contributed by atoms with Crippen LogP contribution in [-0.4, -0.2) is 16.1 Å². The van der Waals surface area contributed by atoms with Crippen LogP contribution < -0.4 is 10.4 Å². The second kappa shape index (κ2) is 7.00. The van der Waals surface area contributed by atoms with Gasteiger partial charge in [0, 0.05) is 11.1 Å². The van der Waals surface area contributed by atoms with E-state index in [1.807, 2.05) is 36.4 Å². The first-order chi connectivity index (χ1) is 14.0. The topological polar surface area (TPSA) is 39.8 Å². The molecular formula is C26H28O2Si2. The van der Waals surface area contributed by atoms with Crippen molar-refractivity contribution in [2.45, 2.75) is 39.3 Å². The van der Waals surface area contributed by atoms with E-state index in [1.54, 1.807) is 0 Å². The summed E-state index contributed by atoms with van der Waals surface area (Å²) in [6, 6.07) is 20.1. The quantitative estimate of drug-likeness (QED) is 0.314. The zero-order chi connectivity index (χ0) is 21.8. The van der Waals surface area contributed by atoms with Crippen molar-refractivity contribution in [3.8, 4) is 22.6 Å². The summed E-state index contributed by atoms with van der Waals surface area (Å²) in [5, 5.41) is 33.4. The summed E-state index contributed by atoms with van der Waals surface area (Å²) in [5.74, 6) is 0.0608. The molecule has 0 fully saturated rings. The lowest BCUT2D eigenvalue weighted by Crippen LogP contribution is -2.38. The van der Waals surface area contributed by atoms with Crippen molar-refractivity contribution in [3.05, 3.63) is 60.7 Å². The first-order valence-electron chi connectivity index (χ1n) is 10.5. The van der Waals surface area contributed by atoms with Crippen molar-refractivity contribution in [2.75, 3.05) is 0 Å². The minimum absolute atomic E-state index is 0.0304. The van der Waals surface area contributed by atoms with Gasteiger partial charge in [0.15, 0.2) is 11.5 Å². The summed E-state index contributed by atoms with van der Waals surface area (Å²) in [6.07, 6.45) is 0. The van der Waals surface area contributed by atoms with Crippen molar-refractivity contribution >= 4 is 48.1 Å². The summed E-state index contributed by atoms with van der Waals surface area (Å²) in [5.41, 5.74) is 1.18. The average Bonchev–Trinajstić information content (AvgIpc) is 2.66. The predicted molar refractivity (Wildman–Crippen MR) is 133 cm³/mol. The van der Waals surface area contributed by atoms with E-state index in [2.05, 4.69) is 63.5 Å². The molecule has 0 aliphatic rings. The highest BCUT2D eigenvalue weighted by Crippen LogP contribution is 2.45. The maximum Gasteiger partial charge on any atom is 0.186 e. The SMILES string of the molecule is C[Si](C)(C)c1cc2ccccc2c(-c2c([O])c([Si](C)(C)C)cc3ccccc23)c1[O]. The van der Waals surface area contributed by atoms with Gasteiger partial charge in [0.05, 0.1) is 16.1 Å². The van der Waals surface area contributed by atoms with Crippen molar-refractivity contribution in [3.63, 3.8) is 0 Å². The Labute approximate surface area is 180 Å². The second-order valence-electron chi connectivity index (χ2n) is 10.2. The van der Waals surface area contributed by atoms with Gasteiger partial charge in [-0.25, -0.2) is 0 Å². The molecule has 30 heavy (non-hydrogen) atoms. The van der Waals surface area contributed by atoms with Crippen LogP contribution >= 0.6 is 0 Å². The highest BCUT2D eigenvalue weighted by Gasteiger charge is 2.31. The molecule has 4 rings (SSSR count). The Bertz CT molecular complexity index is 1180. The zero-order valence-corrected chi connectivity index (χ0v) is 20.6. The Hall–Kier alpha value is -2.57. The van der Waals surface area contributed by atoms with Crippen LogP contribution in [0.2, 0.25) is 39.3 Å². The van der Waals surface area contributed by atoms with E-state index in [0.29, 0.717) is 11.1 Å². The highest BCUT2D eigenvalue weighted by atomic mass is 28.3. The van der Waals surface area contributed by atoms with Crippen LogP contribution in [0.5, 0.6) is 11.5 Å². The van der Waals surface area contributed by atoms with E-state index in [0.717, 1.165) is 31.9 Å². The van der Waals surface area contributed by atoms with Gasteiger partial charge in [-0.05, 0) is 31.9 Å². The zero-order valence-electron chi connectivity index (χ0n) is 18.6. The van der Waals surface area contributed by atoms with Crippen molar-refractivity contribution in [1.29, 1.82) is 0 Å². The van der Waals surface area contributed by atoms with Gasteiger partial charge in [-0.15, -0.1) is 0 Å². The standard InChI is InChI=1S/C26H28O2Si2/c1-29(2,3)21-15-17-11-7-9-13-19(17)23(25(21)27)24-20-14-10-8-12-18(20)16-22(26(24)28)30(4,5)6/h7-16H,1-6H3. The van der Waals surface area contributed by atoms with Crippen LogP contribution in [0.15, 0.2) is 60.7 Å². The number of fused-ring (bicyclic) bond motifs is 2. The van der Waals surface area contributed by atoms with E-state index < -0.39 is 16.1 Å². The normalized spacial score (nSPS) is 12.6. The molecule has 0 saturated carbocycles. The van der Waals surface area contributed by atoms with Crippen molar-refractivity contribution in [2.24, 2.45) is 0 Å². The molecule has 152 valence electrons. The second-order valence-corrected chi connectivity index (χ2v) is 20.3. The Morgan fingerprint density at radius 1 is 0.533 bits per heavy atom. The lowest BCUT2D eigenvalue weighted by molar-refractivity contribution is 0.354. The molecule has 0 amide bonds. The van der Waals surface area contributed by atoms with E-state index in [4.69, 9.17) is 0 Å². The molecule has 0 atom stereocenters. The third-order valence-corrected chi connectivity index (χ3v) is 9.84. The monoisotopic (exact) mass is 428 g/mol. The Morgan fingerprint density at radius 2 is 0.867 bits per heavy atom. The van der Waals surface area contributed by atoms with E-state index in [1.165, 1.54) is 0 Å². The molecular weight excluding hydrogens is 400 g/mol. The fraction of sp³-hybridized carbons (Fsp3) is 0.231. The van der Waals surface area contributed by atoms with Gasteiger partial charge in [0.1, 0.15) is 0 Å². The summed E-state index contributed by atoms with van der Waals surface area (Å²) < 4.78 is 0. The molecule has 0 aromatic heterocycles. The average molecular weight is 429 g/mol. The molecule has 4 aromatic rings. The molecule has 0 spiro atoms. The van der Waals surface area contributed by atoms with E-state index >= 15 is 0 Å². The molecule has 0 aliphatic heterocycles. The van der Waals surface area contributed by atoms with Crippen LogP contribution in [0.3, 0.4) is 0 Å². The minimum atomic E-state index is -1.90. The summed E-state index contributed by atoms with van der Waals surface area (Å²) >= 11 is 0. The Kier molecular flexibility index (Phi) is 4.83. The molecule has 0 saturated heterocycles. The largest absolute Gasteiger partial charge is 0.289 e. The number of rotatable bonds is 3. The first kappa shape index (κ1) is 20.7. The van der Waals surface area contributed by atoms with Crippen LogP contribution in [0.4, 0.5) is 0 Å². The molecule has 0 aliphatic carbocycles. The fourth-order valence-electron chi connectivity index (χ4n) is 4.27. The molecule has 4 aromatic carbocycles. The number of hydrogen-bond donors (Lipinski definition) is 0. The minimum Gasteiger partial charge on any atom is -0.289 e. The third kappa shape index (κ3) is 3.34. The van der Waals surface area contributed by atoms with Crippen molar-refractivity contribution in [1.82, 2.24) is 0 Å². The van der Waals surface area contributed by atoms with Crippen molar-refractivity contribution < 1.29 is 10.2 Å². The van der Waals surface area contributed by atoms with Gasteiger partial charge >= 0.3 is 0 Å². The fourth-order valence-corrected chi connectivity index (χ4v) is 7.06. The summed E-state index contributed by atoms with van der Waals surface area (Å²) in [7, 11) is -3.80. The maximum absolute atomic E-state index is 13.9. The Balaban J connectivity index is 2.27. The third-order valence-electron chi connectivity index (χ3n) is 5.87. The first-order valence-corrected chi connectivity index (χ1v) is 17.5.